The van der Waals surface area contributed by atoms with Crippen molar-refractivity contribution in [1.29, 1.82) is 0 Å². The molecule has 0 fully saturated rings. The summed E-state index contributed by atoms with van der Waals surface area (Å²) in [4.78, 5) is 4.53. The van der Waals surface area contributed by atoms with E-state index in [0.29, 0.717) is 0 Å². The van der Waals surface area contributed by atoms with Gasteiger partial charge in [0.15, 0.2) is 0 Å². The lowest BCUT2D eigenvalue weighted by molar-refractivity contribution is 0.119. The predicted octanol–water partition coefficient (Wildman–Crippen LogP) is 3.10. The van der Waals surface area contributed by atoms with Gasteiger partial charge in [-0.2, -0.15) is 0 Å². The lowest BCUT2D eigenvalue weighted by Crippen LogP contribution is -1.94. The van der Waals surface area contributed by atoms with Crippen LogP contribution in [0.15, 0.2) is 29.6 Å². The summed E-state index contributed by atoms with van der Waals surface area (Å²) in [6.45, 7) is 1.99. The zero-order chi connectivity index (χ0) is 11.5. The summed E-state index contributed by atoms with van der Waals surface area (Å²) in [6, 6.07) is 7.72. The highest BCUT2D eigenvalue weighted by molar-refractivity contribution is 7.10. The molecule has 0 spiro atoms. The Bertz CT molecular complexity index is 464. The number of methoxy groups -OCH3 is 1. The zero-order valence-electron chi connectivity index (χ0n) is 9.31. The first-order chi connectivity index (χ1) is 7.70. The van der Waals surface area contributed by atoms with Gasteiger partial charge in [-0.3, -0.25) is 0 Å². The largest absolute Gasteiger partial charge is 0.399 e. The number of nitrogens with zero attached hydrogens (tertiary/aromatic N) is 1. The van der Waals surface area contributed by atoms with E-state index in [4.69, 9.17) is 10.5 Å². The Hall–Kier alpha value is -1.39. The van der Waals surface area contributed by atoms with E-state index in [9.17, 15) is 0 Å². The van der Waals surface area contributed by atoms with Crippen LogP contribution >= 0.6 is 11.3 Å². The van der Waals surface area contributed by atoms with Gasteiger partial charge in [0.2, 0.25) is 0 Å². The molecule has 1 aromatic heterocycles. The summed E-state index contributed by atoms with van der Waals surface area (Å²) >= 11 is 1.61. The second kappa shape index (κ2) is 4.63. The van der Waals surface area contributed by atoms with Crippen molar-refractivity contribution in [3.8, 4) is 11.3 Å². The van der Waals surface area contributed by atoms with Gasteiger partial charge in [-0.25, -0.2) is 4.98 Å². The highest BCUT2D eigenvalue weighted by Gasteiger charge is 2.10. The monoisotopic (exact) mass is 234 g/mol. The highest BCUT2D eigenvalue weighted by Crippen LogP contribution is 2.26. The summed E-state index contributed by atoms with van der Waals surface area (Å²) in [7, 11) is 1.69. The van der Waals surface area contributed by atoms with Gasteiger partial charge in [0.1, 0.15) is 11.1 Å². The number of hydrogen-bond donors (Lipinski definition) is 1. The van der Waals surface area contributed by atoms with Crippen molar-refractivity contribution in [3.63, 3.8) is 0 Å². The van der Waals surface area contributed by atoms with E-state index in [2.05, 4.69) is 4.98 Å². The number of rotatable bonds is 3. The molecule has 1 atom stereocenters. The van der Waals surface area contributed by atoms with E-state index >= 15 is 0 Å². The quantitative estimate of drug-likeness (QED) is 0.830. The summed E-state index contributed by atoms with van der Waals surface area (Å²) in [5.74, 6) is 0. The van der Waals surface area contributed by atoms with E-state index in [1.165, 1.54) is 0 Å². The molecule has 84 valence electrons. The van der Waals surface area contributed by atoms with Crippen molar-refractivity contribution in [2.75, 3.05) is 12.8 Å². The van der Waals surface area contributed by atoms with Crippen LogP contribution in [0.25, 0.3) is 11.3 Å². The molecule has 2 N–H and O–H groups in total. The van der Waals surface area contributed by atoms with Gasteiger partial charge < -0.3 is 10.5 Å². The first kappa shape index (κ1) is 11.1. The Balaban J connectivity index is 2.28. The molecule has 0 radical (unpaired) electrons. The number of nitrogens with two attached hydrogens (primary N) is 1. The maximum atomic E-state index is 5.64. The standard InChI is InChI=1S/C12H14N2OS/c1-8(15-2)12-14-11(7-16-12)9-3-5-10(13)6-4-9/h3-8H,13H2,1-2H3. The van der Waals surface area contributed by atoms with Crippen LogP contribution in [0.3, 0.4) is 0 Å². The molecule has 2 aromatic rings. The van der Waals surface area contributed by atoms with Gasteiger partial charge in [0, 0.05) is 23.7 Å². The Kier molecular flexibility index (Phi) is 3.22. The molecule has 3 nitrogen and oxygen atoms in total. The molecule has 16 heavy (non-hydrogen) atoms. The third-order valence-corrected chi connectivity index (χ3v) is 3.44. The molecule has 1 unspecified atom stereocenters. The van der Waals surface area contributed by atoms with Gasteiger partial charge in [0.05, 0.1) is 5.69 Å². The fourth-order valence-corrected chi connectivity index (χ4v) is 2.22. The van der Waals surface area contributed by atoms with Crippen molar-refractivity contribution in [2.45, 2.75) is 13.0 Å². The molecule has 0 aliphatic rings. The number of thiazole rings is 1. The van der Waals surface area contributed by atoms with E-state index in [1.54, 1.807) is 18.4 Å². The Morgan fingerprint density at radius 2 is 2.00 bits per heavy atom. The zero-order valence-corrected chi connectivity index (χ0v) is 10.1. The molecule has 1 aromatic carbocycles. The van der Waals surface area contributed by atoms with Crippen LogP contribution < -0.4 is 5.73 Å². The van der Waals surface area contributed by atoms with Crippen molar-refractivity contribution >= 4 is 17.0 Å². The molecule has 0 aliphatic heterocycles. The average molecular weight is 234 g/mol. The molecule has 0 aliphatic carbocycles. The minimum atomic E-state index is 0.0486. The van der Waals surface area contributed by atoms with Crippen LogP contribution in [0.5, 0.6) is 0 Å². The number of anilines is 1. The summed E-state index contributed by atoms with van der Waals surface area (Å²) in [6.07, 6.45) is 0.0486. The van der Waals surface area contributed by atoms with Gasteiger partial charge in [0.25, 0.3) is 0 Å². The number of benzene rings is 1. The van der Waals surface area contributed by atoms with Crippen molar-refractivity contribution in [1.82, 2.24) is 4.98 Å². The second-order valence-corrected chi connectivity index (χ2v) is 4.46. The third-order valence-electron chi connectivity index (χ3n) is 2.43. The molecule has 0 saturated heterocycles. The van der Waals surface area contributed by atoms with Gasteiger partial charge in [-0.15, -0.1) is 11.3 Å². The SMILES string of the molecule is COC(C)c1nc(-c2ccc(N)cc2)cs1. The molecule has 2 rings (SSSR count). The van der Waals surface area contributed by atoms with E-state index < -0.39 is 0 Å². The molecule has 0 amide bonds. The minimum absolute atomic E-state index is 0.0486. The van der Waals surface area contributed by atoms with Gasteiger partial charge in [-0.05, 0) is 19.1 Å². The fourth-order valence-electron chi connectivity index (χ4n) is 1.36. The Morgan fingerprint density at radius 1 is 1.31 bits per heavy atom. The van der Waals surface area contributed by atoms with Crippen LogP contribution in [0.2, 0.25) is 0 Å². The minimum Gasteiger partial charge on any atom is -0.399 e. The lowest BCUT2D eigenvalue weighted by atomic mass is 10.1. The second-order valence-electron chi connectivity index (χ2n) is 3.57. The highest BCUT2D eigenvalue weighted by atomic mass is 32.1. The molecule has 0 saturated carbocycles. The molecule has 1 heterocycles. The normalized spacial score (nSPS) is 12.6. The number of ether oxygens (including phenoxy) is 1. The van der Waals surface area contributed by atoms with Crippen LogP contribution in [0.4, 0.5) is 5.69 Å². The van der Waals surface area contributed by atoms with Crippen LogP contribution in [-0.2, 0) is 4.74 Å². The van der Waals surface area contributed by atoms with Crippen LogP contribution in [0.1, 0.15) is 18.0 Å². The summed E-state index contributed by atoms with van der Waals surface area (Å²) in [5.41, 5.74) is 8.47. The van der Waals surface area contributed by atoms with E-state index in [-0.39, 0.29) is 6.10 Å². The maximum absolute atomic E-state index is 5.64. The Morgan fingerprint density at radius 3 is 2.62 bits per heavy atom. The third kappa shape index (κ3) is 2.23. The van der Waals surface area contributed by atoms with E-state index in [1.807, 2.05) is 36.6 Å². The van der Waals surface area contributed by atoms with Crippen LogP contribution in [-0.4, -0.2) is 12.1 Å². The number of nitrogen functional groups attached to an aromatic ring is 1. The maximum Gasteiger partial charge on any atom is 0.122 e. The fraction of sp³-hybridized carbons (Fsp3) is 0.250. The van der Waals surface area contributed by atoms with Crippen molar-refractivity contribution in [2.24, 2.45) is 0 Å². The molecule has 4 heteroatoms. The average Bonchev–Trinajstić information content (AvgIpc) is 2.78. The first-order valence-electron chi connectivity index (χ1n) is 5.05. The molecular weight excluding hydrogens is 220 g/mol. The molecular formula is C12H14N2OS. The molecule has 0 bridgehead atoms. The van der Waals surface area contributed by atoms with Gasteiger partial charge >= 0.3 is 0 Å². The first-order valence-corrected chi connectivity index (χ1v) is 5.93. The topological polar surface area (TPSA) is 48.1 Å². The van der Waals surface area contributed by atoms with E-state index in [0.717, 1.165) is 22.0 Å². The summed E-state index contributed by atoms with van der Waals surface area (Å²) < 4.78 is 5.23. The van der Waals surface area contributed by atoms with Gasteiger partial charge in [-0.1, -0.05) is 12.1 Å². The van der Waals surface area contributed by atoms with Crippen LogP contribution in [0, 0.1) is 0 Å². The van der Waals surface area contributed by atoms with Crippen molar-refractivity contribution < 1.29 is 4.74 Å². The number of aromatic nitrogens is 1. The predicted molar refractivity (Wildman–Crippen MR) is 67.4 cm³/mol. The lowest BCUT2D eigenvalue weighted by Gasteiger charge is -2.03. The summed E-state index contributed by atoms with van der Waals surface area (Å²) in [5, 5.41) is 3.03. The van der Waals surface area contributed by atoms with Crippen molar-refractivity contribution in [3.05, 3.63) is 34.7 Å². The number of hydrogen-bond acceptors (Lipinski definition) is 4. The smallest absolute Gasteiger partial charge is 0.122 e. The Labute approximate surface area is 98.9 Å².